The van der Waals surface area contributed by atoms with E-state index in [1.807, 2.05) is 13.0 Å². The minimum Gasteiger partial charge on any atom is -0.490 e. The fraction of sp³-hybridized carbons (Fsp3) is 0.105. The summed E-state index contributed by atoms with van der Waals surface area (Å²) in [5.74, 6) is 0.736. The highest BCUT2D eigenvalue weighted by molar-refractivity contribution is 9.10. The van der Waals surface area contributed by atoms with Gasteiger partial charge in [0.2, 0.25) is 5.13 Å². The molecule has 0 amide bonds. The molecule has 3 N–H and O–H groups in total. The Morgan fingerprint density at radius 1 is 1.32 bits per heavy atom. The van der Waals surface area contributed by atoms with Gasteiger partial charge in [-0.1, -0.05) is 18.2 Å². The first kappa shape index (κ1) is 19.8. The zero-order valence-electron chi connectivity index (χ0n) is 14.9. The lowest BCUT2D eigenvalue weighted by Gasteiger charge is -2.12. The molecule has 0 bridgehead atoms. The average molecular weight is 461 g/mol. The quantitative estimate of drug-likeness (QED) is 0.232. The summed E-state index contributed by atoms with van der Waals surface area (Å²) in [7, 11) is 0. The second-order valence-electron chi connectivity index (χ2n) is 5.46. The SMILES string of the molecule is CCOc1cc(C=NNc2nc(N)cs2)c(Br)cc1OC(=O)c1ccccc1. The number of nitrogens with zero attached hydrogens (tertiary/aromatic N) is 2. The average Bonchev–Trinajstić information content (AvgIpc) is 3.11. The van der Waals surface area contributed by atoms with Gasteiger partial charge < -0.3 is 15.2 Å². The van der Waals surface area contributed by atoms with Crippen molar-refractivity contribution in [3.05, 3.63) is 63.4 Å². The van der Waals surface area contributed by atoms with Gasteiger partial charge >= 0.3 is 5.97 Å². The van der Waals surface area contributed by atoms with E-state index in [0.29, 0.717) is 39.1 Å². The van der Waals surface area contributed by atoms with Crippen LogP contribution in [0.2, 0.25) is 0 Å². The van der Waals surface area contributed by atoms with Crippen LogP contribution in [-0.2, 0) is 0 Å². The van der Waals surface area contributed by atoms with Crippen molar-refractivity contribution in [2.24, 2.45) is 5.10 Å². The Bertz CT molecular complexity index is 992. The number of esters is 1. The van der Waals surface area contributed by atoms with E-state index in [4.69, 9.17) is 15.2 Å². The van der Waals surface area contributed by atoms with E-state index >= 15 is 0 Å². The monoisotopic (exact) mass is 460 g/mol. The van der Waals surface area contributed by atoms with Crippen molar-refractivity contribution in [1.82, 2.24) is 4.98 Å². The molecule has 7 nitrogen and oxygen atoms in total. The normalized spacial score (nSPS) is 10.8. The van der Waals surface area contributed by atoms with Gasteiger partial charge in [-0.3, -0.25) is 5.43 Å². The molecule has 0 spiro atoms. The first-order valence-electron chi connectivity index (χ1n) is 8.30. The lowest BCUT2D eigenvalue weighted by atomic mass is 10.2. The number of nitrogens with one attached hydrogen (secondary N) is 1. The minimum atomic E-state index is -0.460. The number of nitrogens with two attached hydrogens (primary N) is 1. The predicted molar refractivity (Wildman–Crippen MR) is 114 cm³/mol. The van der Waals surface area contributed by atoms with Gasteiger partial charge in [0.1, 0.15) is 5.82 Å². The molecule has 0 aliphatic heterocycles. The first-order chi connectivity index (χ1) is 13.6. The molecule has 0 fully saturated rings. The largest absolute Gasteiger partial charge is 0.490 e. The molecule has 0 radical (unpaired) electrons. The van der Waals surface area contributed by atoms with Gasteiger partial charge in [-0.15, -0.1) is 11.3 Å². The van der Waals surface area contributed by atoms with Crippen LogP contribution >= 0.6 is 27.3 Å². The summed E-state index contributed by atoms with van der Waals surface area (Å²) in [5, 5.41) is 6.45. The molecule has 0 unspecified atom stereocenters. The fourth-order valence-corrected chi connectivity index (χ4v) is 3.20. The van der Waals surface area contributed by atoms with Gasteiger partial charge in [0, 0.05) is 15.4 Å². The van der Waals surface area contributed by atoms with Crippen LogP contribution < -0.4 is 20.6 Å². The number of rotatable bonds is 7. The van der Waals surface area contributed by atoms with Gasteiger partial charge in [-0.05, 0) is 47.1 Å². The van der Waals surface area contributed by atoms with Gasteiger partial charge in [0.25, 0.3) is 0 Å². The standard InChI is InChI=1S/C19H17BrN4O3S/c1-2-26-15-8-13(10-22-24-19-23-17(21)11-28-19)14(20)9-16(15)27-18(25)12-6-4-3-5-7-12/h3-11H,2,21H2,1H3,(H,23,24). The van der Waals surface area contributed by atoms with E-state index in [1.165, 1.54) is 11.3 Å². The summed E-state index contributed by atoms with van der Waals surface area (Å²) in [5.41, 5.74) is 9.58. The topological polar surface area (TPSA) is 98.8 Å². The number of ether oxygens (including phenoxy) is 2. The van der Waals surface area contributed by atoms with Crippen molar-refractivity contribution in [3.63, 3.8) is 0 Å². The molecule has 1 aromatic heterocycles. The Kier molecular flexibility index (Phi) is 6.62. The van der Waals surface area contributed by atoms with E-state index in [9.17, 15) is 4.79 Å². The van der Waals surface area contributed by atoms with Crippen LogP contribution in [0.4, 0.5) is 10.9 Å². The zero-order valence-corrected chi connectivity index (χ0v) is 17.3. The number of carbonyl (C=O) groups is 1. The van der Waals surface area contributed by atoms with Crippen LogP contribution in [0.25, 0.3) is 0 Å². The molecule has 28 heavy (non-hydrogen) atoms. The number of halogens is 1. The number of nitrogen functional groups attached to an aromatic ring is 1. The highest BCUT2D eigenvalue weighted by Gasteiger charge is 2.15. The van der Waals surface area contributed by atoms with E-state index < -0.39 is 5.97 Å². The summed E-state index contributed by atoms with van der Waals surface area (Å²) in [6, 6.07) is 12.2. The number of hydrogen-bond acceptors (Lipinski definition) is 8. The summed E-state index contributed by atoms with van der Waals surface area (Å²) in [4.78, 5) is 16.4. The molecular formula is C19H17BrN4O3S. The number of hydrazone groups is 1. The van der Waals surface area contributed by atoms with Gasteiger partial charge in [0.05, 0.1) is 18.4 Å². The summed E-state index contributed by atoms with van der Waals surface area (Å²) in [6.45, 7) is 2.28. The summed E-state index contributed by atoms with van der Waals surface area (Å²) in [6.07, 6.45) is 1.60. The second kappa shape index (κ2) is 9.34. The lowest BCUT2D eigenvalue weighted by Crippen LogP contribution is -2.10. The Morgan fingerprint density at radius 2 is 2.11 bits per heavy atom. The summed E-state index contributed by atoms with van der Waals surface area (Å²) < 4.78 is 11.8. The molecule has 0 atom stereocenters. The van der Waals surface area contributed by atoms with Gasteiger partial charge in [0.15, 0.2) is 11.5 Å². The third-order valence-corrected chi connectivity index (χ3v) is 4.91. The van der Waals surface area contributed by atoms with Crippen LogP contribution in [0.3, 0.4) is 0 Å². The Hall–Kier alpha value is -2.91. The summed E-state index contributed by atoms with van der Waals surface area (Å²) >= 11 is 4.82. The number of hydrogen-bond donors (Lipinski definition) is 2. The number of aromatic nitrogens is 1. The van der Waals surface area contributed by atoms with Crippen molar-refractivity contribution >= 4 is 50.4 Å². The fourth-order valence-electron chi connectivity index (χ4n) is 2.23. The molecule has 0 saturated heterocycles. The third kappa shape index (κ3) is 5.08. The minimum absolute atomic E-state index is 0.320. The molecular weight excluding hydrogens is 444 g/mol. The van der Waals surface area contributed by atoms with Gasteiger partial charge in [-0.2, -0.15) is 5.10 Å². The van der Waals surface area contributed by atoms with E-state index in [0.717, 1.165) is 5.56 Å². The van der Waals surface area contributed by atoms with E-state index in [-0.39, 0.29) is 0 Å². The molecule has 0 saturated carbocycles. The molecule has 0 aliphatic carbocycles. The Balaban J connectivity index is 1.80. The lowest BCUT2D eigenvalue weighted by molar-refractivity contribution is 0.0728. The second-order valence-corrected chi connectivity index (χ2v) is 7.17. The molecule has 3 aromatic rings. The molecule has 9 heteroatoms. The smallest absolute Gasteiger partial charge is 0.343 e. The maximum atomic E-state index is 12.4. The molecule has 3 rings (SSSR count). The zero-order chi connectivity index (χ0) is 19.9. The third-order valence-electron chi connectivity index (χ3n) is 3.46. The van der Waals surface area contributed by atoms with Crippen molar-refractivity contribution in [2.75, 3.05) is 17.8 Å². The van der Waals surface area contributed by atoms with Crippen molar-refractivity contribution in [1.29, 1.82) is 0 Å². The van der Waals surface area contributed by atoms with Crippen LogP contribution in [-0.4, -0.2) is 23.8 Å². The van der Waals surface area contributed by atoms with Crippen LogP contribution in [0, 0.1) is 0 Å². The van der Waals surface area contributed by atoms with Crippen molar-refractivity contribution in [3.8, 4) is 11.5 Å². The molecule has 1 heterocycles. The van der Waals surface area contributed by atoms with E-state index in [1.54, 1.807) is 48.0 Å². The van der Waals surface area contributed by atoms with E-state index in [2.05, 4.69) is 31.4 Å². The number of anilines is 2. The molecule has 2 aromatic carbocycles. The van der Waals surface area contributed by atoms with Crippen molar-refractivity contribution in [2.45, 2.75) is 6.92 Å². The molecule has 0 aliphatic rings. The van der Waals surface area contributed by atoms with Gasteiger partial charge in [-0.25, -0.2) is 9.78 Å². The van der Waals surface area contributed by atoms with Crippen molar-refractivity contribution < 1.29 is 14.3 Å². The first-order valence-corrected chi connectivity index (χ1v) is 9.97. The number of thiazole rings is 1. The number of carbonyl (C=O) groups excluding carboxylic acids is 1. The maximum absolute atomic E-state index is 12.4. The molecule has 144 valence electrons. The Morgan fingerprint density at radius 3 is 2.79 bits per heavy atom. The Labute approximate surface area is 174 Å². The van der Waals surface area contributed by atoms with Crippen LogP contribution in [0.1, 0.15) is 22.8 Å². The number of benzene rings is 2. The van der Waals surface area contributed by atoms with Crippen LogP contribution in [0.5, 0.6) is 11.5 Å². The highest BCUT2D eigenvalue weighted by Crippen LogP contribution is 2.34. The highest BCUT2D eigenvalue weighted by atomic mass is 79.9. The maximum Gasteiger partial charge on any atom is 0.343 e. The van der Waals surface area contributed by atoms with Crippen LogP contribution in [0.15, 0.2) is 57.4 Å². The predicted octanol–water partition coefficient (Wildman–Crippen LogP) is 4.55.